The van der Waals surface area contributed by atoms with Gasteiger partial charge in [0.25, 0.3) is 10.0 Å². The van der Waals surface area contributed by atoms with Crippen LogP contribution in [0.25, 0.3) is 0 Å². The van der Waals surface area contributed by atoms with Gasteiger partial charge in [0, 0.05) is 17.1 Å². The summed E-state index contributed by atoms with van der Waals surface area (Å²) in [5.41, 5.74) is 7.59. The minimum absolute atomic E-state index is 0.212. The minimum atomic E-state index is -3.74. The molecule has 5 nitrogen and oxygen atoms in total. The van der Waals surface area contributed by atoms with Crippen molar-refractivity contribution in [3.8, 4) is 0 Å². The number of rotatable bonds is 3. The molecule has 0 unspecified atom stereocenters. The number of amides is 1. The number of sulfonamides is 1. The lowest BCUT2D eigenvalue weighted by Gasteiger charge is -2.31. The van der Waals surface area contributed by atoms with Gasteiger partial charge in [-0.3, -0.25) is 9.10 Å². The number of hydrogen-bond acceptors (Lipinski definition) is 3. The zero-order valence-electron chi connectivity index (χ0n) is 13.1. The molecular formula is C17H17ClN2O3S. The Morgan fingerprint density at radius 3 is 2.67 bits per heavy atom. The normalized spacial score (nSPS) is 14.3. The second kappa shape index (κ2) is 6.11. The average Bonchev–Trinajstić information content (AvgIpc) is 2.53. The topological polar surface area (TPSA) is 80.5 Å². The van der Waals surface area contributed by atoms with Crippen LogP contribution in [0, 0.1) is 6.92 Å². The molecule has 0 aliphatic carbocycles. The van der Waals surface area contributed by atoms with Gasteiger partial charge in [-0.2, -0.15) is 0 Å². The first-order valence-electron chi connectivity index (χ1n) is 7.53. The predicted octanol–water partition coefficient (Wildman–Crippen LogP) is 2.89. The van der Waals surface area contributed by atoms with E-state index in [-0.39, 0.29) is 4.90 Å². The molecule has 0 radical (unpaired) electrons. The fourth-order valence-electron chi connectivity index (χ4n) is 3.09. The molecule has 0 bridgehead atoms. The number of benzene rings is 2. The Morgan fingerprint density at radius 1 is 1.25 bits per heavy atom. The van der Waals surface area contributed by atoms with Crippen LogP contribution in [0.15, 0.2) is 41.3 Å². The van der Waals surface area contributed by atoms with Gasteiger partial charge in [-0.25, -0.2) is 8.42 Å². The molecular weight excluding hydrogens is 348 g/mol. The summed E-state index contributed by atoms with van der Waals surface area (Å²) in [5.74, 6) is -0.547. The van der Waals surface area contributed by atoms with Crippen LogP contribution in [-0.2, 0) is 16.4 Å². The molecule has 1 aliphatic rings. The van der Waals surface area contributed by atoms with Crippen molar-refractivity contribution < 1.29 is 13.2 Å². The number of hydrogen-bond donors (Lipinski definition) is 1. The molecule has 7 heteroatoms. The van der Waals surface area contributed by atoms with Crippen molar-refractivity contribution in [3.05, 3.63) is 58.1 Å². The van der Waals surface area contributed by atoms with E-state index in [1.807, 2.05) is 0 Å². The van der Waals surface area contributed by atoms with Crippen LogP contribution in [0.3, 0.4) is 0 Å². The second-order valence-electron chi connectivity index (χ2n) is 5.76. The second-order valence-corrected chi connectivity index (χ2v) is 8.03. The van der Waals surface area contributed by atoms with Crippen molar-refractivity contribution in [1.29, 1.82) is 0 Å². The van der Waals surface area contributed by atoms with E-state index in [0.717, 1.165) is 0 Å². The van der Waals surface area contributed by atoms with Crippen molar-refractivity contribution >= 4 is 33.2 Å². The highest BCUT2D eigenvalue weighted by Crippen LogP contribution is 2.35. The molecule has 1 amide bonds. The molecule has 3 rings (SSSR count). The summed E-state index contributed by atoms with van der Waals surface area (Å²) in [6, 6.07) is 9.69. The van der Waals surface area contributed by atoms with E-state index >= 15 is 0 Å². The van der Waals surface area contributed by atoms with Gasteiger partial charge in [-0.15, -0.1) is 0 Å². The Bertz CT molecular complexity index is 925. The summed E-state index contributed by atoms with van der Waals surface area (Å²) in [7, 11) is -3.74. The van der Waals surface area contributed by atoms with E-state index in [9.17, 15) is 13.2 Å². The maximum Gasteiger partial charge on any atom is 0.264 e. The van der Waals surface area contributed by atoms with Gasteiger partial charge in [0.15, 0.2) is 0 Å². The highest BCUT2D eigenvalue weighted by Gasteiger charge is 2.31. The Morgan fingerprint density at radius 2 is 2.00 bits per heavy atom. The van der Waals surface area contributed by atoms with Gasteiger partial charge in [0.1, 0.15) is 0 Å². The number of carbonyl (C=O) groups excluding carboxylic acids is 1. The lowest BCUT2D eigenvalue weighted by atomic mass is 9.97. The monoisotopic (exact) mass is 364 g/mol. The van der Waals surface area contributed by atoms with E-state index in [4.69, 9.17) is 17.3 Å². The summed E-state index contributed by atoms with van der Waals surface area (Å²) < 4.78 is 27.6. The molecule has 126 valence electrons. The molecule has 2 aromatic rings. The Labute approximate surface area is 146 Å². The van der Waals surface area contributed by atoms with Gasteiger partial charge in [-0.1, -0.05) is 17.7 Å². The van der Waals surface area contributed by atoms with Gasteiger partial charge < -0.3 is 5.73 Å². The third-order valence-electron chi connectivity index (χ3n) is 4.18. The van der Waals surface area contributed by atoms with Crippen molar-refractivity contribution in [1.82, 2.24) is 0 Å². The SMILES string of the molecule is Cc1cc(Cl)ccc1S(=O)(=O)N1CCCc2c(C(N)=O)cccc21. The smallest absolute Gasteiger partial charge is 0.264 e. The molecule has 0 saturated heterocycles. The summed E-state index contributed by atoms with van der Waals surface area (Å²) in [5, 5.41) is 0.488. The van der Waals surface area contributed by atoms with E-state index in [0.29, 0.717) is 46.8 Å². The number of aryl methyl sites for hydroxylation is 1. The van der Waals surface area contributed by atoms with Crippen LogP contribution in [0.1, 0.15) is 27.9 Å². The number of carbonyl (C=O) groups is 1. The van der Waals surface area contributed by atoms with Crippen LogP contribution in [0.5, 0.6) is 0 Å². The predicted molar refractivity (Wildman–Crippen MR) is 94.0 cm³/mol. The van der Waals surface area contributed by atoms with Gasteiger partial charge in [-0.05, 0) is 61.2 Å². The molecule has 0 atom stereocenters. The largest absolute Gasteiger partial charge is 0.366 e. The quantitative estimate of drug-likeness (QED) is 0.909. The van der Waals surface area contributed by atoms with Crippen LogP contribution < -0.4 is 10.0 Å². The maximum atomic E-state index is 13.1. The first-order chi connectivity index (χ1) is 11.3. The Kier molecular flexibility index (Phi) is 4.27. The third-order valence-corrected chi connectivity index (χ3v) is 6.39. The molecule has 1 heterocycles. The minimum Gasteiger partial charge on any atom is -0.366 e. The van der Waals surface area contributed by atoms with Crippen molar-refractivity contribution in [2.75, 3.05) is 10.8 Å². The zero-order chi connectivity index (χ0) is 17.5. The zero-order valence-corrected chi connectivity index (χ0v) is 14.7. The number of primary amides is 1. The first kappa shape index (κ1) is 16.8. The van der Waals surface area contributed by atoms with Gasteiger partial charge in [0.2, 0.25) is 5.91 Å². The molecule has 2 N–H and O–H groups in total. The van der Waals surface area contributed by atoms with E-state index in [2.05, 4.69) is 0 Å². The lowest BCUT2D eigenvalue weighted by molar-refractivity contribution is 0.0999. The molecule has 1 aliphatic heterocycles. The van der Waals surface area contributed by atoms with Crippen LogP contribution >= 0.6 is 11.6 Å². The number of anilines is 1. The molecule has 0 aromatic heterocycles. The molecule has 0 fully saturated rings. The maximum absolute atomic E-state index is 13.1. The number of nitrogens with zero attached hydrogens (tertiary/aromatic N) is 1. The van der Waals surface area contributed by atoms with E-state index in [1.54, 1.807) is 37.3 Å². The molecule has 24 heavy (non-hydrogen) atoms. The van der Waals surface area contributed by atoms with Crippen molar-refractivity contribution in [2.24, 2.45) is 5.73 Å². The standard InChI is InChI=1S/C17H17ClN2O3S/c1-11-10-12(18)7-8-16(11)24(22,23)20-9-3-5-13-14(17(19)21)4-2-6-15(13)20/h2,4,6-8,10H,3,5,9H2,1H3,(H2,19,21). The average molecular weight is 365 g/mol. The van der Waals surface area contributed by atoms with E-state index in [1.165, 1.54) is 10.4 Å². The van der Waals surface area contributed by atoms with Crippen LogP contribution in [0.4, 0.5) is 5.69 Å². The summed E-state index contributed by atoms with van der Waals surface area (Å²) in [6.07, 6.45) is 1.25. The Balaban J connectivity index is 2.15. The van der Waals surface area contributed by atoms with Gasteiger partial charge >= 0.3 is 0 Å². The number of halogens is 1. The fourth-order valence-corrected chi connectivity index (χ4v) is 5.06. The fraction of sp³-hybridized carbons (Fsp3) is 0.235. The van der Waals surface area contributed by atoms with Gasteiger partial charge in [0.05, 0.1) is 10.6 Å². The highest BCUT2D eigenvalue weighted by atomic mass is 35.5. The lowest BCUT2D eigenvalue weighted by Crippen LogP contribution is -2.36. The van der Waals surface area contributed by atoms with Crippen LogP contribution in [-0.4, -0.2) is 20.9 Å². The molecule has 0 spiro atoms. The van der Waals surface area contributed by atoms with Crippen molar-refractivity contribution in [3.63, 3.8) is 0 Å². The highest BCUT2D eigenvalue weighted by molar-refractivity contribution is 7.92. The van der Waals surface area contributed by atoms with Crippen LogP contribution in [0.2, 0.25) is 5.02 Å². The number of nitrogens with two attached hydrogens (primary N) is 1. The molecule has 2 aromatic carbocycles. The molecule has 0 saturated carbocycles. The Hall–Kier alpha value is -2.05. The summed E-state index contributed by atoms with van der Waals surface area (Å²) in [6.45, 7) is 2.07. The summed E-state index contributed by atoms with van der Waals surface area (Å²) in [4.78, 5) is 11.8. The van der Waals surface area contributed by atoms with Crippen molar-refractivity contribution in [2.45, 2.75) is 24.7 Å². The summed E-state index contributed by atoms with van der Waals surface area (Å²) >= 11 is 5.93. The van der Waals surface area contributed by atoms with E-state index < -0.39 is 15.9 Å². The first-order valence-corrected chi connectivity index (χ1v) is 9.35. The number of fused-ring (bicyclic) bond motifs is 1. The third kappa shape index (κ3) is 2.76.